The van der Waals surface area contributed by atoms with E-state index in [0.717, 1.165) is 45.6 Å². The summed E-state index contributed by atoms with van der Waals surface area (Å²) in [6.07, 6.45) is 0. The van der Waals surface area contributed by atoms with Crippen LogP contribution in [0.4, 0.5) is 5.69 Å². The highest BCUT2D eigenvalue weighted by Crippen LogP contribution is 2.26. The molecule has 0 bridgehead atoms. The summed E-state index contributed by atoms with van der Waals surface area (Å²) in [4.78, 5) is 0. The second-order valence-electron chi connectivity index (χ2n) is 5.87. The van der Waals surface area contributed by atoms with E-state index in [2.05, 4.69) is 40.5 Å². The summed E-state index contributed by atoms with van der Waals surface area (Å²) < 4.78 is 1.99. The predicted octanol–water partition coefficient (Wildman–Crippen LogP) is 3.26. The van der Waals surface area contributed by atoms with E-state index in [1.54, 1.807) is 0 Å². The van der Waals surface area contributed by atoms with E-state index in [4.69, 9.17) is 0 Å². The van der Waals surface area contributed by atoms with Gasteiger partial charge in [0.1, 0.15) is 6.07 Å². The van der Waals surface area contributed by atoms with Gasteiger partial charge >= 0.3 is 0 Å². The Hall–Kier alpha value is -2.94. The molecule has 2 heterocycles. The van der Waals surface area contributed by atoms with Gasteiger partial charge in [-0.2, -0.15) is 10.4 Å². The van der Waals surface area contributed by atoms with Crippen LogP contribution in [0.15, 0.2) is 18.2 Å². The predicted molar refractivity (Wildman–Crippen MR) is 93.7 cm³/mol. The van der Waals surface area contributed by atoms with Crippen molar-refractivity contribution in [3.8, 4) is 6.07 Å². The highest BCUT2D eigenvalue weighted by atomic mass is 15.3. The zero-order valence-corrected chi connectivity index (χ0v) is 14.4. The maximum atomic E-state index is 9.39. The van der Waals surface area contributed by atoms with E-state index < -0.39 is 0 Å². The molecule has 0 saturated heterocycles. The molecule has 3 rings (SSSR count). The van der Waals surface area contributed by atoms with E-state index >= 15 is 0 Å². The molecule has 0 unspecified atom stereocenters. The summed E-state index contributed by atoms with van der Waals surface area (Å²) in [5, 5.41) is 26.4. The van der Waals surface area contributed by atoms with Crippen LogP contribution in [-0.4, -0.2) is 20.0 Å². The largest absolute Gasteiger partial charge is 0.378 e. The van der Waals surface area contributed by atoms with Crippen molar-refractivity contribution in [2.45, 2.75) is 40.8 Å². The van der Waals surface area contributed by atoms with Crippen LogP contribution in [-0.2, 0) is 13.1 Å². The minimum atomic E-state index is 0.311. The van der Waals surface area contributed by atoms with E-state index in [1.807, 2.05) is 36.7 Å². The monoisotopic (exact) mass is 320 g/mol. The van der Waals surface area contributed by atoms with Crippen LogP contribution in [0.5, 0.6) is 0 Å². The van der Waals surface area contributed by atoms with Crippen LogP contribution in [0.2, 0.25) is 0 Å². The summed E-state index contributed by atoms with van der Waals surface area (Å²) in [6.45, 7) is 9.62. The molecule has 24 heavy (non-hydrogen) atoms. The van der Waals surface area contributed by atoms with Crippen LogP contribution < -0.4 is 5.32 Å². The second-order valence-corrected chi connectivity index (χ2v) is 5.87. The Labute approximate surface area is 141 Å². The molecule has 0 spiro atoms. The highest BCUT2D eigenvalue weighted by Gasteiger charge is 2.14. The highest BCUT2D eigenvalue weighted by molar-refractivity contribution is 5.93. The van der Waals surface area contributed by atoms with Crippen LogP contribution in [0.3, 0.4) is 0 Å². The summed E-state index contributed by atoms with van der Waals surface area (Å²) in [5.74, 6) is 0. The number of aryl methyl sites for hydroxylation is 3. The summed E-state index contributed by atoms with van der Waals surface area (Å²) in [5.41, 5.74) is 6.23. The van der Waals surface area contributed by atoms with E-state index in [0.29, 0.717) is 12.2 Å². The van der Waals surface area contributed by atoms with Crippen molar-refractivity contribution < 1.29 is 0 Å². The fourth-order valence-corrected chi connectivity index (χ4v) is 2.95. The molecule has 0 saturated carbocycles. The molecule has 0 aliphatic heterocycles. The SMILES string of the molecule is CCn1nc(C)c(CNc2c(C#N)nnc3ccc(C)cc23)c1C. The third-order valence-corrected chi connectivity index (χ3v) is 4.29. The van der Waals surface area contributed by atoms with Crippen molar-refractivity contribution in [2.24, 2.45) is 0 Å². The van der Waals surface area contributed by atoms with Crippen LogP contribution >= 0.6 is 0 Å². The van der Waals surface area contributed by atoms with Gasteiger partial charge < -0.3 is 5.32 Å². The fraction of sp³-hybridized carbons (Fsp3) is 0.333. The molecule has 0 aliphatic rings. The fourth-order valence-electron chi connectivity index (χ4n) is 2.95. The lowest BCUT2D eigenvalue weighted by Crippen LogP contribution is -2.07. The smallest absolute Gasteiger partial charge is 0.186 e. The number of benzene rings is 1. The van der Waals surface area contributed by atoms with Crippen molar-refractivity contribution in [1.82, 2.24) is 20.0 Å². The Bertz CT molecular complexity index is 948. The number of nitrogens with one attached hydrogen (secondary N) is 1. The van der Waals surface area contributed by atoms with Gasteiger partial charge in [-0.05, 0) is 39.8 Å². The first-order chi connectivity index (χ1) is 11.5. The molecule has 0 fully saturated rings. The summed E-state index contributed by atoms with van der Waals surface area (Å²) >= 11 is 0. The van der Waals surface area contributed by atoms with E-state index in [9.17, 15) is 5.26 Å². The number of nitriles is 1. The Morgan fingerprint density at radius 3 is 2.67 bits per heavy atom. The number of fused-ring (bicyclic) bond motifs is 1. The molecule has 6 nitrogen and oxygen atoms in total. The van der Waals surface area contributed by atoms with Gasteiger partial charge in [0.2, 0.25) is 0 Å². The molecule has 1 N–H and O–H groups in total. The molecule has 2 aromatic heterocycles. The number of hydrogen-bond acceptors (Lipinski definition) is 5. The zero-order chi connectivity index (χ0) is 17.3. The minimum Gasteiger partial charge on any atom is -0.378 e. The quantitative estimate of drug-likeness (QED) is 0.798. The van der Waals surface area contributed by atoms with Crippen molar-refractivity contribution >= 4 is 16.6 Å². The van der Waals surface area contributed by atoms with Gasteiger partial charge in [-0.3, -0.25) is 4.68 Å². The second kappa shape index (κ2) is 6.28. The number of aromatic nitrogens is 4. The normalized spacial score (nSPS) is 10.8. The molecule has 3 aromatic rings. The molecule has 6 heteroatoms. The van der Waals surface area contributed by atoms with E-state index in [1.165, 1.54) is 0 Å². The minimum absolute atomic E-state index is 0.311. The zero-order valence-electron chi connectivity index (χ0n) is 14.4. The Morgan fingerprint density at radius 2 is 2.00 bits per heavy atom. The first-order valence-electron chi connectivity index (χ1n) is 7.99. The third kappa shape index (κ3) is 2.69. The van der Waals surface area contributed by atoms with Gasteiger partial charge in [0.15, 0.2) is 5.69 Å². The maximum absolute atomic E-state index is 9.39. The first-order valence-corrected chi connectivity index (χ1v) is 7.99. The van der Waals surface area contributed by atoms with Crippen molar-refractivity contribution in [3.05, 3.63) is 46.4 Å². The standard InChI is InChI=1S/C18H20N6/c1-5-24-13(4)15(12(3)23-24)10-20-18-14-8-11(2)6-7-16(14)21-22-17(18)9-19/h6-8H,5,10H2,1-4H3,(H,20,21). The molecule has 0 amide bonds. The van der Waals surface area contributed by atoms with Gasteiger partial charge in [-0.1, -0.05) is 11.6 Å². The topological polar surface area (TPSA) is 79.4 Å². The Kier molecular flexibility index (Phi) is 4.17. The molecular formula is C18H20N6. The molecular weight excluding hydrogens is 300 g/mol. The number of hydrogen-bond donors (Lipinski definition) is 1. The van der Waals surface area contributed by atoms with E-state index in [-0.39, 0.29) is 0 Å². The number of rotatable bonds is 4. The maximum Gasteiger partial charge on any atom is 0.186 e. The average Bonchev–Trinajstić information content (AvgIpc) is 2.86. The average molecular weight is 320 g/mol. The van der Waals surface area contributed by atoms with Crippen molar-refractivity contribution in [2.75, 3.05) is 5.32 Å². The number of nitrogens with zero attached hydrogens (tertiary/aromatic N) is 5. The van der Waals surface area contributed by atoms with Crippen molar-refractivity contribution in [1.29, 1.82) is 5.26 Å². The van der Waals surface area contributed by atoms with Gasteiger partial charge in [-0.15, -0.1) is 10.2 Å². The molecule has 1 aromatic carbocycles. The molecule has 122 valence electrons. The van der Waals surface area contributed by atoms with Gasteiger partial charge in [-0.25, -0.2) is 0 Å². The van der Waals surface area contributed by atoms with Crippen molar-refractivity contribution in [3.63, 3.8) is 0 Å². The Balaban J connectivity index is 2.02. The van der Waals surface area contributed by atoms with Crippen LogP contribution in [0.25, 0.3) is 10.9 Å². The third-order valence-electron chi connectivity index (χ3n) is 4.29. The van der Waals surface area contributed by atoms with Gasteiger partial charge in [0, 0.05) is 29.7 Å². The lowest BCUT2D eigenvalue weighted by molar-refractivity contribution is 0.633. The Morgan fingerprint density at radius 1 is 1.21 bits per heavy atom. The van der Waals surface area contributed by atoms with Gasteiger partial charge in [0.25, 0.3) is 0 Å². The number of anilines is 1. The summed E-state index contributed by atoms with van der Waals surface area (Å²) in [6, 6.07) is 8.08. The van der Waals surface area contributed by atoms with Gasteiger partial charge in [0.05, 0.1) is 16.9 Å². The molecule has 0 aliphatic carbocycles. The lowest BCUT2D eigenvalue weighted by atomic mass is 10.1. The molecule has 0 radical (unpaired) electrons. The van der Waals surface area contributed by atoms with Crippen LogP contribution in [0, 0.1) is 32.1 Å². The summed E-state index contributed by atoms with van der Waals surface area (Å²) in [7, 11) is 0. The lowest BCUT2D eigenvalue weighted by Gasteiger charge is -2.11. The first kappa shape index (κ1) is 15.9. The molecule has 0 atom stereocenters. The van der Waals surface area contributed by atoms with Crippen LogP contribution in [0.1, 0.15) is 35.1 Å².